The molecule has 0 aromatic heterocycles. The van der Waals surface area contributed by atoms with E-state index >= 15 is 0 Å². The Balaban J connectivity index is 1.87. The van der Waals surface area contributed by atoms with Gasteiger partial charge in [0.1, 0.15) is 24.1 Å². The summed E-state index contributed by atoms with van der Waals surface area (Å²) in [5.41, 5.74) is 0.261. The summed E-state index contributed by atoms with van der Waals surface area (Å²) in [5.74, 6) is 0.562. The molecule has 1 atom stereocenters. The van der Waals surface area contributed by atoms with Crippen LogP contribution in [-0.2, 0) is 4.79 Å². The molecule has 1 unspecified atom stereocenters. The SMILES string of the molecule is COc1ccc(OCCNC(=O)C(NC(=O)c2ccc(Cl)cc2Cl)C(C)C)cc1. The maximum Gasteiger partial charge on any atom is 0.253 e. The summed E-state index contributed by atoms with van der Waals surface area (Å²) in [7, 11) is 1.59. The first-order chi connectivity index (χ1) is 13.8. The monoisotopic (exact) mass is 438 g/mol. The van der Waals surface area contributed by atoms with Crippen LogP contribution in [0.2, 0.25) is 10.0 Å². The fourth-order valence-electron chi connectivity index (χ4n) is 2.55. The van der Waals surface area contributed by atoms with Gasteiger partial charge in [-0.05, 0) is 48.4 Å². The number of hydrogen-bond acceptors (Lipinski definition) is 4. The van der Waals surface area contributed by atoms with E-state index < -0.39 is 11.9 Å². The molecule has 6 nitrogen and oxygen atoms in total. The number of hydrogen-bond donors (Lipinski definition) is 2. The number of carbonyl (C=O) groups excluding carboxylic acids is 2. The van der Waals surface area contributed by atoms with E-state index in [1.165, 1.54) is 12.1 Å². The molecule has 0 radical (unpaired) electrons. The average Bonchev–Trinajstić information content (AvgIpc) is 2.69. The molecule has 8 heteroatoms. The van der Waals surface area contributed by atoms with Crippen molar-refractivity contribution in [1.29, 1.82) is 0 Å². The van der Waals surface area contributed by atoms with Crippen molar-refractivity contribution in [3.05, 3.63) is 58.1 Å². The van der Waals surface area contributed by atoms with Gasteiger partial charge in [0.2, 0.25) is 5.91 Å². The number of halogens is 2. The summed E-state index contributed by atoms with van der Waals surface area (Å²) in [6.07, 6.45) is 0. The van der Waals surface area contributed by atoms with Crippen LogP contribution in [0.1, 0.15) is 24.2 Å². The number of nitrogens with one attached hydrogen (secondary N) is 2. The molecule has 0 aliphatic carbocycles. The Bertz CT molecular complexity index is 841. The van der Waals surface area contributed by atoms with Crippen LogP contribution in [0.5, 0.6) is 11.5 Å². The zero-order chi connectivity index (χ0) is 21.4. The number of rotatable bonds is 9. The predicted octanol–water partition coefficient (Wildman–Crippen LogP) is 3.95. The molecule has 29 heavy (non-hydrogen) atoms. The van der Waals surface area contributed by atoms with Gasteiger partial charge in [-0.2, -0.15) is 0 Å². The van der Waals surface area contributed by atoms with E-state index in [9.17, 15) is 9.59 Å². The topological polar surface area (TPSA) is 76.7 Å². The standard InChI is InChI=1S/C21H24Cl2N2O4/c1-13(2)19(25-20(26)17-9-4-14(22)12-18(17)23)21(27)24-10-11-29-16-7-5-15(28-3)6-8-16/h4-9,12-13,19H,10-11H2,1-3H3,(H,24,27)(H,25,26). The molecule has 0 spiro atoms. The van der Waals surface area contributed by atoms with E-state index in [1.54, 1.807) is 37.4 Å². The molecule has 2 amide bonds. The molecule has 2 rings (SSSR count). The van der Waals surface area contributed by atoms with E-state index in [0.29, 0.717) is 23.9 Å². The Hall–Kier alpha value is -2.44. The normalized spacial score (nSPS) is 11.7. The Morgan fingerprint density at radius 1 is 1.03 bits per heavy atom. The fourth-order valence-corrected chi connectivity index (χ4v) is 3.05. The summed E-state index contributed by atoms with van der Waals surface area (Å²) in [6, 6.07) is 11.0. The number of amides is 2. The van der Waals surface area contributed by atoms with Crippen molar-refractivity contribution in [2.45, 2.75) is 19.9 Å². The van der Waals surface area contributed by atoms with Crippen molar-refractivity contribution in [1.82, 2.24) is 10.6 Å². The zero-order valence-corrected chi connectivity index (χ0v) is 18.0. The second-order valence-corrected chi connectivity index (χ2v) is 7.48. The van der Waals surface area contributed by atoms with Gasteiger partial charge in [-0.15, -0.1) is 0 Å². The lowest BCUT2D eigenvalue weighted by atomic mass is 10.0. The summed E-state index contributed by atoms with van der Waals surface area (Å²) in [5, 5.41) is 6.17. The van der Waals surface area contributed by atoms with Crippen LogP contribution in [0.3, 0.4) is 0 Å². The van der Waals surface area contributed by atoms with Crippen LogP contribution < -0.4 is 20.1 Å². The highest BCUT2D eigenvalue weighted by Crippen LogP contribution is 2.21. The Morgan fingerprint density at radius 3 is 2.28 bits per heavy atom. The summed E-state index contributed by atoms with van der Waals surface area (Å²) < 4.78 is 10.7. The molecule has 2 aromatic carbocycles. The van der Waals surface area contributed by atoms with Crippen molar-refractivity contribution >= 4 is 35.0 Å². The molecular formula is C21H24Cl2N2O4. The second kappa shape index (κ2) is 10.9. The summed E-state index contributed by atoms with van der Waals surface area (Å²) in [4.78, 5) is 25.0. The predicted molar refractivity (Wildman–Crippen MR) is 114 cm³/mol. The minimum absolute atomic E-state index is 0.118. The second-order valence-electron chi connectivity index (χ2n) is 6.63. The summed E-state index contributed by atoms with van der Waals surface area (Å²) >= 11 is 11.9. The minimum Gasteiger partial charge on any atom is -0.497 e. The first-order valence-corrected chi connectivity index (χ1v) is 9.88. The molecule has 2 aromatic rings. The lowest BCUT2D eigenvalue weighted by molar-refractivity contribution is -0.124. The molecule has 0 saturated heterocycles. The van der Waals surface area contributed by atoms with Gasteiger partial charge in [0.05, 0.1) is 24.2 Å². The molecule has 0 aliphatic rings. The van der Waals surface area contributed by atoms with E-state index in [1.807, 2.05) is 13.8 Å². The molecule has 0 fully saturated rings. The van der Waals surface area contributed by atoms with Crippen LogP contribution in [0.25, 0.3) is 0 Å². The Morgan fingerprint density at radius 2 is 1.69 bits per heavy atom. The van der Waals surface area contributed by atoms with Crippen LogP contribution in [0.15, 0.2) is 42.5 Å². The van der Waals surface area contributed by atoms with Crippen molar-refractivity contribution in [3.63, 3.8) is 0 Å². The van der Waals surface area contributed by atoms with Crippen LogP contribution >= 0.6 is 23.2 Å². The third-order valence-corrected chi connectivity index (χ3v) is 4.69. The highest BCUT2D eigenvalue weighted by molar-refractivity contribution is 6.36. The minimum atomic E-state index is -0.713. The maximum absolute atomic E-state index is 12.5. The van der Waals surface area contributed by atoms with Crippen LogP contribution in [0, 0.1) is 5.92 Å². The van der Waals surface area contributed by atoms with Gasteiger partial charge in [0.15, 0.2) is 0 Å². The molecule has 0 aliphatic heterocycles. The van der Waals surface area contributed by atoms with Gasteiger partial charge >= 0.3 is 0 Å². The van der Waals surface area contributed by atoms with Gasteiger partial charge < -0.3 is 20.1 Å². The maximum atomic E-state index is 12.5. The first kappa shape index (κ1) is 22.8. The van der Waals surface area contributed by atoms with E-state index in [0.717, 1.165) is 5.75 Å². The van der Waals surface area contributed by atoms with E-state index in [-0.39, 0.29) is 22.4 Å². The molecule has 0 saturated carbocycles. The quantitative estimate of drug-likeness (QED) is 0.581. The highest BCUT2D eigenvalue weighted by atomic mass is 35.5. The third-order valence-electron chi connectivity index (χ3n) is 4.14. The van der Waals surface area contributed by atoms with Crippen molar-refractivity contribution in [3.8, 4) is 11.5 Å². The number of methoxy groups -OCH3 is 1. The van der Waals surface area contributed by atoms with Gasteiger partial charge in [0.25, 0.3) is 5.91 Å². The highest BCUT2D eigenvalue weighted by Gasteiger charge is 2.25. The summed E-state index contributed by atoms with van der Waals surface area (Å²) in [6.45, 7) is 4.29. The zero-order valence-electron chi connectivity index (χ0n) is 16.5. The molecule has 0 bridgehead atoms. The smallest absolute Gasteiger partial charge is 0.253 e. The van der Waals surface area contributed by atoms with Gasteiger partial charge in [0, 0.05) is 5.02 Å². The van der Waals surface area contributed by atoms with Crippen molar-refractivity contribution in [2.24, 2.45) is 5.92 Å². The van der Waals surface area contributed by atoms with Crippen molar-refractivity contribution in [2.75, 3.05) is 20.3 Å². The number of carbonyl (C=O) groups is 2. The lowest BCUT2D eigenvalue weighted by Crippen LogP contribution is -2.50. The lowest BCUT2D eigenvalue weighted by Gasteiger charge is -2.22. The van der Waals surface area contributed by atoms with Crippen LogP contribution in [-0.4, -0.2) is 38.1 Å². The first-order valence-electron chi connectivity index (χ1n) is 9.12. The Labute approximate surface area is 180 Å². The van der Waals surface area contributed by atoms with E-state index in [4.69, 9.17) is 32.7 Å². The Kier molecular flexibility index (Phi) is 8.61. The van der Waals surface area contributed by atoms with Gasteiger partial charge in [-0.1, -0.05) is 37.0 Å². The van der Waals surface area contributed by atoms with E-state index in [2.05, 4.69) is 10.6 Å². The molecular weight excluding hydrogens is 415 g/mol. The van der Waals surface area contributed by atoms with Crippen molar-refractivity contribution < 1.29 is 19.1 Å². The van der Waals surface area contributed by atoms with Crippen LogP contribution in [0.4, 0.5) is 0 Å². The third kappa shape index (κ3) is 6.84. The molecule has 0 heterocycles. The molecule has 156 valence electrons. The fraction of sp³-hybridized carbons (Fsp3) is 0.333. The largest absolute Gasteiger partial charge is 0.497 e. The number of ether oxygens (including phenoxy) is 2. The average molecular weight is 439 g/mol. The molecule has 2 N–H and O–H groups in total. The van der Waals surface area contributed by atoms with Gasteiger partial charge in [-0.3, -0.25) is 9.59 Å². The van der Waals surface area contributed by atoms with Gasteiger partial charge in [-0.25, -0.2) is 0 Å². The number of benzene rings is 2.